The SMILES string of the molecule is CCC[Si](OCC)(OCC)P(=O)(OOC)OOC. The van der Waals surface area contributed by atoms with Crippen LogP contribution in [0.2, 0.25) is 6.04 Å². The highest BCUT2D eigenvalue weighted by atomic mass is 31.5. The van der Waals surface area contributed by atoms with Crippen LogP contribution in [0.1, 0.15) is 27.2 Å². The minimum Gasteiger partial charge on any atom is -0.386 e. The van der Waals surface area contributed by atoms with Gasteiger partial charge >= 0.3 is 15.4 Å². The standard InChI is InChI=1S/C9H23O7PSi/c1-6-9-18(13-7-2,14-8-3)17(10,15-11-4)16-12-5/h6-9H2,1-5H3. The van der Waals surface area contributed by atoms with Crippen molar-refractivity contribution in [2.24, 2.45) is 0 Å². The Kier molecular flexibility index (Phi) is 9.27. The van der Waals surface area contributed by atoms with Gasteiger partial charge in [-0.3, -0.25) is 4.57 Å². The third kappa shape index (κ3) is 4.39. The molecule has 18 heavy (non-hydrogen) atoms. The lowest BCUT2D eigenvalue weighted by atomic mass is 10.6. The Bertz CT molecular complexity index is 236. The zero-order valence-electron chi connectivity index (χ0n) is 11.6. The summed E-state index contributed by atoms with van der Waals surface area (Å²) in [4.78, 5) is 9.02. The highest BCUT2D eigenvalue weighted by molar-refractivity contribution is 7.90. The van der Waals surface area contributed by atoms with Gasteiger partial charge in [0.15, 0.2) is 0 Å². The van der Waals surface area contributed by atoms with E-state index in [2.05, 4.69) is 9.78 Å². The van der Waals surface area contributed by atoms with Crippen LogP contribution in [0.4, 0.5) is 0 Å². The molecule has 0 aliphatic carbocycles. The molecule has 0 atom stereocenters. The Morgan fingerprint density at radius 2 is 1.39 bits per heavy atom. The van der Waals surface area contributed by atoms with Gasteiger partial charge in [0.05, 0.1) is 14.2 Å². The zero-order chi connectivity index (χ0) is 14.1. The van der Waals surface area contributed by atoms with Crippen molar-refractivity contribution in [1.82, 2.24) is 0 Å². The van der Waals surface area contributed by atoms with Gasteiger partial charge in [0.2, 0.25) is 0 Å². The van der Waals surface area contributed by atoms with Crippen molar-refractivity contribution in [3.05, 3.63) is 0 Å². The van der Waals surface area contributed by atoms with Crippen LogP contribution in [0.15, 0.2) is 0 Å². The number of rotatable bonds is 11. The first kappa shape index (κ1) is 18.2. The average Bonchev–Trinajstić information content (AvgIpc) is 2.30. The van der Waals surface area contributed by atoms with Crippen molar-refractivity contribution in [3.8, 4) is 0 Å². The molecule has 110 valence electrons. The molecule has 0 fully saturated rings. The van der Waals surface area contributed by atoms with Crippen LogP contribution in [0.3, 0.4) is 0 Å². The molecular formula is C9H23O7PSi. The second-order valence-corrected chi connectivity index (χ2v) is 10.8. The van der Waals surface area contributed by atoms with Gasteiger partial charge in [0.1, 0.15) is 0 Å². The Hall–Kier alpha value is 0.207. The third-order valence-corrected chi connectivity index (χ3v) is 10.6. The zero-order valence-corrected chi connectivity index (χ0v) is 13.5. The van der Waals surface area contributed by atoms with E-state index in [0.717, 1.165) is 6.42 Å². The van der Waals surface area contributed by atoms with Gasteiger partial charge in [-0.2, -0.15) is 0 Å². The van der Waals surface area contributed by atoms with Gasteiger partial charge in [-0.25, -0.2) is 9.78 Å². The lowest BCUT2D eigenvalue weighted by Gasteiger charge is -2.32. The van der Waals surface area contributed by atoms with Crippen molar-refractivity contribution in [3.63, 3.8) is 0 Å². The molecule has 0 saturated carbocycles. The maximum atomic E-state index is 12.7. The van der Waals surface area contributed by atoms with E-state index >= 15 is 0 Å². The summed E-state index contributed by atoms with van der Waals surface area (Å²) < 4.78 is 33.6. The molecule has 0 heterocycles. The lowest BCUT2D eigenvalue weighted by Crippen LogP contribution is -2.43. The molecular weight excluding hydrogens is 279 g/mol. The fourth-order valence-corrected chi connectivity index (χ4v) is 9.06. The van der Waals surface area contributed by atoms with E-state index in [0.29, 0.717) is 19.3 Å². The quantitative estimate of drug-likeness (QED) is 0.251. The molecule has 0 radical (unpaired) electrons. The summed E-state index contributed by atoms with van der Waals surface area (Å²) in [5.41, 5.74) is 0. The van der Waals surface area contributed by atoms with Crippen molar-refractivity contribution in [2.45, 2.75) is 33.2 Å². The fourth-order valence-electron chi connectivity index (χ4n) is 1.57. The van der Waals surface area contributed by atoms with Crippen LogP contribution in [-0.4, -0.2) is 35.7 Å². The predicted octanol–water partition coefficient (Wildman–Crippen LogP) is 2.76. The molecule has 0 aromatic carbocycles. The topological polar surface area (TPSA) is 72.5 Å². The summed E-state index contributed by atoms with van der Waals surface area (Å²) in [5.74, 6) is 0. The van der Waals surface area contributed by atoms with E-state index in [4.69, 9.17) is 18.2 Å². The van der Waals surface area contributed by atoms with Crippen molar-refractivity contribution in [2.75, 3.05) is 27.4 Å². The van der Waals surface area contributed by atoms with Crippen LogP contribution >= 0.6 is 7.14 Å². The van der Waals surface area contributed by atoms with Crippen LogP contribution in [0, 0.1) is 0 Å². The fraction of sp³-hybridized carbons (Fsp3) is 1.00. The maximum Gasteiger partial charge on any atom is 0.475 e. The average molecular weight is 302 g/mol. The molecule has 0 aliphatic heterocycles. The Morgan fingerprint density at radius 3 is 1.67 bits per heavy atom. The van der Waals surface area contributed by atoms with Gasteiger partial charge in [0.25, 0.3) is 0 Å². The number of hydrogen-bond acceptors (Lipinski definition) is 7. The van der Waals surface area contributed by atoms with E-state index in [-0.39, 0.29) is 0 Å². The van der Waals surface area contributed by atoms with Crippen molar-refractivity contribution < 1.29 is 32.5 Å². The van der Waals surface area contributed by atoms with Crippen LogP contribution in [-0.2, 0) is 32.5 Å². The smallest absolute Gasteiger partial charge is 0.386 e. The first-order valence-electron chi connectivity index (χ1n) is 5.88. The number of hydrogen-bond donors (Lipinski definition) is 0. The Labute approximate surface area is 109 Å². The third-order valence-electron chi connectivity index (χ3n) is 2.07. The van der Waals surface area contributed by atoms with Gasteiger partial charge in [-0.1, -0.05) is 13.3 Å². The van der Waals surface area contributed by atoms with Crippen molar-refractivity contribution >= 4 is 15.4 Å². The van der Waals surface area contributed by atoms with Gasteiger partial charge in [-0.15, -0.1) is 9.35 Å². The molecule has 7 nitrogen and oxygen atoms in total. The first-order valence-corrected chi connectivity index (χ1v) is 10.3. The van der Waals surface area contributed by atoms with Crippen LogP contribution in [0.5, 0.6) is 0 Å². The molecule has 0 N–H and O–H groups in total. The van der Waals surface area contributed by atoms with Gasteiger partial charge < -0.3 is 8.85 Å². The van der Waals surface area contributed by atoms with E-state index in [1.165, 1.54) is 14.2 Å². The summed E-state index contributed by atoms with van der Waals surface area (Å²) in [6, 6.07) is 0.457. The Balaban J connectivity index is 5.34. The minimum atomic E-state index is -3.76. The minimum absolute atomic E-state index is 0.344. The molecule has 0 spiro atoms. The largest absolute Gasteiger partial charge is 0.475 e. The summed E-state index contributed by atoms with van der Waals surface area (Å²) in [6.07, 6.45) is 0.719. The molecule has 0 amide bonds. The van der Waals surface area contributed by atoms with E-state index in [1.54, 1.807) is 13.8 Å². The van der Waals surface area contributed by atoms with Crippen molar-refractivity contribution in [1.29, 1.82) is 0 Å². The normalized spacial score (nSPS) is 12.9. The van der Waals surface area contributed by atoms with E-state index < -0.39 is 15.4 Å². The molecule has 0 aliphatic rings. The van der Waals surface area contributed by atoms with E-state index in [9.17, 15) is 4.57 Å². The summed E-state index contributed by atoms with van der Waals surface area (Å²) in [6.45, 7) is 6.21. The molecule has 0 unspecified atom stereocenters. The van der Waals surface area contributed by atoms with Crippen LogP contribution in [0.25, 0.3) is 0 Å². The summed E-state index contributed by atoms with van der Waals surface area (Å²) >= 11 is 0. The van der Waals surface area contributed by atoms with E-state index in [1.807, 2.05) is 6.92 Å². The molecule has 0 bridgehead atoms. The maximum absolute atomic E-state index is 12.7. The second kappa shape index (κ2) is 9.16. The second-order valence-electron chi connectivity index (χ2n) is 3.31. The first-order chi connectivity index (χ1) is 8.55. The molecule has 0 aromatic rings. The van der Waals surface area contributed by atoms with Gasteiger partial charge in [-0.05, 0) is 13.8 Å². The molecule has 9 heteroatoms. The highest BCUT2D eigenvalue weighted by Gasteiger charge is 2.60. The summed E-state index contributed by atoms with van der Waals surface area (Å²) in [5, 5.41) is 0. The Morgan fingerprint density at radius 1 is 0.944 bits per heavy atom. The lowest BCUT2D eigenvalue weighted by molar-refractivity contribution is -0.239. The van der Waals surface area contributed by atoms with Gasteiger partial charge in [0, 0.05) is 19.3 Å². The molecule has 0 saturated heterocycles. The molecule has 0 aromatic heterocycles. The van der Waals surface area contributed by atoms with Crippen LogP contribution < -0.4 is 0 Å². The predicted molar refractivity (Wildman–Crippen MR) is 67.9 cm³/mol. The molecule has 0 rings (SSSR count). The monoisotopic (exact) mass is 302 g/mol. The summed E-state index contributed by atoms with van der Waals surface area (Å²) in [7, 11) is -4.50. The highest BCUT2D eigenvalue weighted by Crippen LogP contribution is 2.60.